The Morgan fingerprint density at radius 3 is 2.64 bits per heavy atom. The summed E-state index contributed by atoms with van der Waals surface area (Å²) in [6.45, 7) is 3.59. The first kappa shape index (κ1) is 8.75. The summed E-state index contributed by atoms with van der Waals surface area (Å²) in [5.41, 5.74) is 0.590. The number of halogens is 3. The standard InChI is InChI=1S/C8H5BrClF/c1-5(9)7-4-6(11)2-3-8(7)10/h2-4H,1H2. The molecule has 1 rings (SSSR count). The lowest BCUT2D eigenvalue weighted by molar-refractivity contribution is 0.627. The van der Waals surface area contributed by atoms with Gasteiger partial charge in [-0.2, -0.15) is 0 Å². The fraction of sp³-hybridized carbons (Fsp3) is 0. The van der Waals surface area contributed by atoms with Gasteiger partial charge in [-0.1, -0.05) is 34.1 Å². The van der Waals surface area contributed by atoms with Crippen LogP contribution in [-0.4, -0.2) is 0 Å². The third-order valence-electron chi connectivity index (χ3n) is 1.22. The molecule has 1 aromatic carbocycles. The van der Waals surface area contributed by atoms with Crippen molar-refractivity contribution in [2.45, 2.75) is 0 Å². The van der Waals surface area contributed by atoms with E-state index in [1.54, 1.807) is 0 Å². The topological polar surface area (TPSA) is 0 Å². The minimum atomic E-state index is -0.315. The van der Waals surface area contributed by atoms with Gasteiger partial charge in [0.05, 0.1) is 0 Å². The molecular weight excluding hydrogens is 230 g/mol. The van der Waals surface area contributed by atoms with Gasteiger partial charge >= 0.3 is 0 Å². The van der Waals surface area contributed by atoms with Gasteiger partial charge in [-0.3, -0.25) is 0 Å². The normalized spacial score (nSPS) is 9.73. The Kier molecular flexibility index (Phi) is 2.68. The molecule has 11 heavy (non-hydrogen) atoms. The van der Waals surface area contributed by atoms with Crippen LogP contribution in [0.15, 0.2) is 24.8 Å². The summed E-state index contributed by atoms with van der Waals surface area (Å²) in [7, 11) is 0. The molecule has 0 atom stereocenters. The maximum absolute atomic E-state index is 12.6. The third-order valence-corrected chi connectivity index (χ3v) is 1.98. The molecule has 0 spiro atoms. The van der Waals surface area contributed by atoms with Gasteiger partial charge < -0.3 is 0 Å². The molecule has 0 bridgehead atoms. The van der Waals surface area contributed by atoms with Crippen LogP contribution in [0, 0.1) is 5.82 Å². The molecule has 58 valence electrons. The summed E-state index contributed by atoms with van der Waals surface area (Å²) < 4.78 is 13.2. The lowest BCUT2D eigenvalue weighted by Gasteiger charge is -2.00. The zero-order valence-electron chi connectivity index (χ0n) is 5.57. The lowest BCUT2D eigenvalue weighted by atomic mass is 10.2. The minimum Gasteiger partial charge on any atom is -0.207 e. The number of benzene rings is 1. The van der Waals surface area contributed by atoms with Gasteiger partial charge in [-0.25, -0.2) is 4.39 Å². The van der Waals surface area contributed by atoms with Crippen molar-refractivity contribution in [3.8, 4) is 0 Å². The molecular formula is C8H5BrClF. The first-order valence-corrected chi connectivity index (χ1v) is 4.08. The molecule has 1 aromatic rings. The van der Waals surface area contributed by atoms with Crippen molar-refractivity contribution in [1.82, 2.24) is 0 Å². The molecule has 0 unspecified atom stereocenters. The second-order valence-corrected chi connectivity index (χ2v) is 3.39. The highest BCUT2D eigenvalue weighted by Crippen LogP contribution is 2.27. The molecule has 0 N–H and O–H groups in total. The van der Waals surface area contributed by atoms with E-state index in [4.69, 9.17) is 11.6 Å². The van der Waals surface area contributed by atoms with Crippen molar-refractivity contribution >= 4 is 32.0 Å². The molecule has 0 aliphatic carbocycles. The molecule has 0 nitrogen and oxygen atoms in total. The SMILES string of the molecule is C=C(Br)c1cc(F)ccc1Cl. The van der Waals surface area contributed by atoms with Crippen LogP contribution < -0.4 is 0 Å². The third kappa shape index (κ3) is 2.04. The summed E-state index contributed by atoms with van der Waals surface area (Å²) in [4.78, 5) is 0. The Balaban J connectivity index is 3.23. The number of rotatable bonds is 1. The van der Waals surface area contributed by atoms with E-state index in [2.05, 4.69) is 22.5 Å². The number of hydrogen-bond donors (Lipinski definition) is 0. The van der Waals surface area contributed by atoms with E-state index in [1.165, 1.54) is 18.2 Å². The van der Waals surface area contributed by atoms with Crippen LogP contribution in [-0.2, 0) is 0 Å². The monoisotopic (exact) mass is 234 g/mol. The van der Waals surface area contributed by atoms with E-state index >= 15 is 0 Å². The van der Waals surface area contributed by atoms with Crippen molar-refractivity contribution in [2.24, 2.45) is 0 Å². The Hall–Kier alpha value is -0.340. The van der Waals surface area contributed by atoms with Gasteiger partial charge in [0, 0.05) is 15.1 Å². The average molecular weight is 235 g/mol. The molecule has 0 fully saturated rings. The summed E-state index contributed by atoms with van der Waals surface area (Å²) in [5, 5.41) is 0.494. The summed E-state index contributed by atoms with van der Waals surface area (Å²) in [6.07, 6.45) is 0. The molecule has 0 heterocycles. The van der Waals surface area contributed by atoms with Crippen molar-refractivity contribution in [2.75, 3.05) is 0 Å². The molecule has 0 aliphatic heterocycles. The predicted octanol–water partition coefficient (Wildman–Crippen LogP) is 3.84. The highest BCUT2D eigenvalue weighted by Gasteiger charge is 2.02. The Morgan fingerprint density at radius 2 is 2.18 bits per heavy atom. The molecule has 3 heteroatoms. The second-order valence-electron chi connectivity index (χ2n) is 2.03. The van der Waals surface area contributed by atoms with Gasteiger partial charge in [0.1, 0.15) is 5.82 Å². The van der Waals surface area contributed by atoms with E-state index < -0.39 is 0 Å². The highest BCUT2D eigenvalue weighted by molar-refractivity contribution is 9.15. The van der Waals surface area contributed by atoms with E-state index in [0.717, 1.165) is 0 Å². The molecule has 0 aromatic heterocycles. The molecule has 0 radical (unpaired) electrons. The van der Waals surface area contributed by atoms with Gasteiger partial charge in [0.25, 0.3) is 0 Å². The van der Waals surface area contributed by atoms with Gasteiger partial charge in [0.15, 0.2) is 0 Å². The van der Waals surface area contributed by atoms with E-state index in [0.29, 0.717) is 15.1 Å². The quantitative estimate of drug-likeness (QED) is 0.694. The Morgan fingerprint density at radius 1 is 1.55 bits per heavy atom. The van der Waals surface area contributed by atoms with Crippen molar-refractivity contribution in [3.05, 3.63) is 41.2 Å². The van der Waals surface area contributed by atoms with Gasteiger partial charge in [-0.05, 0) is 18.2 Å². The maximum Gasteiger partial charge on any atom is 0.123 e. The average Bonchev–Trinajstić information content (AvgIpc) is 1.94. The highest BCUT2D eigenvalue weighted by atomic mass is 79.9. The summed E-state index contributed by atoms with van der Waals surface area (Å²) in [5.74, 6) is -0.315. The van der Waals surface area contributed by atoms with Crippen LogP contribution in [0.4, 0.5) is 4.39 Å². The van der Waals surface area contributed by atoms with Crippen LogP contribution in [0.3, 0.4) is 0 Å². The fourth-order valence-corrected chi connectivity index (χ4v) is 1.38. The van der Waals surface area contributed by atoms with E-state index in [1.807, 2.05) is 0 Å². The first-order valence-electron chi connectivity index (χ1n) is 2.91. The van der Waals surface area contributed by atoms with Crippen molar-refractivity contribution < 1.29 is 4.39 Å². The van der Waals surface area contributed by atoms with Crippen molar-refractivity contribution in [1.29, 1.82) is 0 Å². The maximum atomic E-state index is 12.6. The van der Waals surface area contributed by atoms with Crippen LogP contribution in [0.1, 0.15) is 5.56 Å². The zero-order chi connectivity index (χ0) is 8.43. The van der Waals surface area contributed by atoms with Gasteiger partial charge in [0.2, 0.25) is 0 Å². The smallest absolute Gasteiger partial charge is 0.123 e. The van der Waals surface area contributed by atoms with Crippen molar-refractivity contribution in [3.63, 3.8) is 0 Å². The van der Waals surface area contributed by atoms with Crippen LogP contribution >= 0.6 is 27.5 Å². The Bertz CT molecular complexity index is 296. The lowest BCUT2D eigenvalue weighted by Crippen LogP contribution is -1.80. The van der Waals surface area contributed by atoms with E-state index in [-0.39, 0.29) is 5.82 Å². The fourth-order valence-electron chi connectivity index (χ4n) is 0.705. The molecule has 0 aliphatic rings. The first-order chi connectivity index (χ1) is 5.11. The summed E-state index contributed by atoms with van der Waals surface area (Å²) >= 11 is 8.86. The molecule has 0 saturated heterocycles. The van der Waals surface area contributed by atoms with Crippen LogP contribution in [0.25, 0.3) is 4.48 Å². The largest absolute Gasteiger partial charge is 0.207 e. The zero-order valence-corrected chi connectivity index (χ0v) is 7.91. The minimum absolute atomic E-state index is 0.315. The van der Waals surface area contributed by atoms with Crippen LogP contribution in [0.2, 0.25) is 5.02 Å². The summed E-state index contributed by atoms with van der Waals surface area (Å²) in [6, 6.07) is 4.14. The van der Waals surface area contributed by atoms with E-state index in [9.17, 15) is 4.39 Å². The van der Waals surface area contributed by atoms with Gasteiger partial charge in [-0.15, -0.1) is 0 Å². The molecule has 0 saturated carbocycles. The second kappa shape index (κ2) is 3.37. The Labute approximate surface area is 77.8 Å². The molecule has 0 amide bonds. The predicted molar refractivity (Wildman–Crippen MR) is 49.4 cm³/mol. The number of hydrogen-bond acceptors (Lipinski definition) is 0. The van der Waals surface area contributed by atoms with Crippen LogP contribution in [0.5, 0.6) is 0 Å².